The highest BCUT2D eigenvalue weighted by Crippen LogP contribution is 2.35. The fraction of sp³-hybridized carbons (Fsp3) is 0.471. The Labute approximate surface area is 120 Å². The van der Waals surface area contributed by atoms with Crippen molar-refractivity contribution in [2.24, 2.45) is 0 Å². The van der Waals surface area contributed by atoms with Crippen molar-refractivity contribution in [1.29, 1.82) is 0 Å². The molecule has 0 radical (unpaired) electrons. The van der Waals surface area contributed by atoms with Crippen LogP contribution in [0.25, 0.3) is 0 Å². The van der Waals surface area contributed by atoms with Gasteiger partial charge in [0.25, 0.3) is 0 Å². The number of nitrogens with zero attached hydrogens (tertiary/aromatic N) is 1. The van der Waals surface area contributed by atoms with Crippen molar-refractivity contribution in [1.82, 2.24) is 10.2 Å². The van der Waals surface area contributed by atoms with Gasteiger partial charge >= 0.3 is 6.03 Å². The number of rotatable bonds is 3. The molecular formula is C17H22N2O. The predicted molar refractivity (Wildman–Crippen MR) is 80.6 cm³/mol. The summed E-state index contributed by atoms with van der Waals surface area (Å²) in [6.45, 7) is 2.49. The molecular weight excluding hydrogens is 248 g/mol. The van der Waals surface area contributed by atoms with Gasteiger partial charge in [-0.15, -0.1) is 0 Å². The molecule has 0 bridgehead atoms. The van der Waals surface area contributed by atoms with Crippen LogP contribution in [0.4, 0.5) is 4.79 Å². The highest BCUT2D eigenvalue weighted by molar-refractivity contribution is 5.74. The van der Waals surface area contributed by atoms with Gasteiger partial charge in [0, 0.05) is 19.6 Å². The average molecular weight is 270 g/mol. The SMILES string of the molecule is O=C(NCCc1ccccc1)N1CCC(=C2CC2)CC1. The van der Waals surface area contributed by atoms with E-state index in [-0.39, 0.29) is 6.03 Å². The summed E-state index contributed by atoms with van der Waals surface area (Å²) in [4.78, 5) is 14.0. The monoisotopic (exact) mass is 270 g/mol. The lowest BCUT2D eigenvalue weighted by Crippen LogP contribution is -2.43. The Morgan fingerprint density at radius 3 is 2.30 bits per heavy atom. The summed E-state index contributed by atoms with van der Waals surface area (Å²) in [6, 6.07) is 10.4. The van der Waals surface area contributed by atoms with Crippen molar-refractivity contribution >= 4 is 6.03 Å². The molecule has 3 heteroatoms. The third-order valence-corrected chi connectivity index (χ3v) is 4.19. The number of benzene rings is 1. The van der Waals surface area contributed by atoms with E-state index in [9.17, 15) is 4.79 Å². The van der Waals surface area contributed by atoms with E-state index < -0.39 is 0 Å². The molecule has 1 aromatic carbocycles. The molecule has 2 fully saturated rings. The summed E-state index contributed by atoms with van der Waals surface area (Å²) in [6.07, 6.45) is 5.68. The third-order valence-electron chi connectivity index (χ3n) is 4.19. The van der Waals surface area contributed by atoms with Crippen LogP contribution >= 0.6 is 0 Å². The largest absolute Gasteiger partial charge is 0.338 e. The standard InChI is InChI=1S/C17H22N2O/c20-17(18-11-8-14-4-2-1-3-5-14)19-12-9-16(10-13-19)15-6-7-15/h1-5H,6-13H2,(H,18,20). The van der Waals surface area contributed by atoms with Gasteiger partial charge in [-0.05, 0) is 37.7 Å². The zero-order valence-electron chi connectivity index (χ0n) is 11.9. The van der Waals surface area contributed by atoms with Crippen LogP contribution in [0, 0.1) is 0 Å². The van der Waals surface area contributed by atoms with Crippen LogP contribution in [0.15, 0.2) is 41.5 Å². The first-order valence-corrected chi connectivity index (χ1v) is 7.59. The number of allylic oxidation sites excluding steroid dienone is 1. The maximum atomic E-state index is 12.1. The van der Waals surface area contributed by atoms with E-state index in [1.165, 1.54) is 18.4 Å². The zero-order valence-corrected chi connectivity index (χ0v) is 11.9. The summed E-state index contributed by atoms with van der Waals surface area (Å²) < 4.78 is 0. The lowest BCUT2D eigenvalue weighted by Gasteiger charge is -2.28. The van der Waals surface area contributed by atoms with Crippen molar-refractivity contribution in [2.75, 3.05) is 19.6 Å². The van der Waals surface area contributed by atoms with Gasteiger partial charge < -0.3 is 10.2 Å². The quantitative estimate of drug-likeness (QED) is 0.841. The number of urea groups is 1. The highest BCUT2D eigenvalue weighted by Gasteiger charge is 2.23. The maximum absolute atomic E-state index is 12.1. The van der Waals surface area contributed by atoms with Crippen molar-refractivity contribution in [3.63, 3.8) is 0 Å². The number of amides is 2. The number of piperidine rings is 1. The van der Waals surface area contributed by atoms with Crippen molar-refractivity contribution in [3.05, 3.63) is 47.0 Å². The second kappa shape index (κ2) is 6.12. The molecule has 0 aromatic heterocycles. The molecule has 1 N–H and O–H groups in total. The lowest BCUT2D eigenvalue weighted by atomic mass is 10.0. The summed E-state index contributed by atoms with van der Waals surface area (Å²) in [7, 11) is 0. The highest BCUT2D eigenvalue weighted by atomic mass is 16.2. The van der Waals surface area contributed by atoms with Gasteiger partial charge in [0.2, 0.25) is 0 Å². The van der Waals surface area contributed by atoms with E-state index >= 15 is 0 Å². The molecule has 1 aliphatic heterocycles. The molecule has 1 saturated carbocycles. The molecule has 1 saturated heterocycles. The molecule has 1 aliphatic carbocycles. The Balaban J connectivity index is 1.40. The van der Waals surface area contributed by atoms with E-state index in [0.717, 1.165) is 32.4 Å². The number of hydrogen-bond acceptors (Lipinski definition) is 1. The van der Waals surface area contributed by atoms with Gasteiger partial charge in [0.05, 0.1) is 0 Å². The number of likely N-dealkylation sites (tertiary alicyclic amines) is 1. The molecule has 2 aliphatic rings. The van der Waals surface area contributed by atoms with E-state index in [2.05, 4.69) is 17.4 Å². The molecule has 3 rings (SSSR count). The van der Waals surface area contributed by atoms with Crippen LogP contribution in [-0.2, 0) is 6.42 Å². The van der Waals surface area contributed by atoms with Crippen molar-refractivity contribution < 1.29 is 4.79 Å². The Kier molecular flexibility index (Phi) is 4.05. The zero-order chi connectivity index (χ0) is 13.8. The topological polar surface area (TPSA) is 32.3 Å². The minimum absolute atomic E-state index is 0.0979. The van der Waals surface area contributed by atoms with Gasteiger partial charge in [-0.25, -0.2) is 4.79 Å². The van der Waals surface area contributed by atoms with Crippen LogP contribution in [0.1, 0.15) is 31.2 Å². The minimum atomic E-state index is 0.0979. The summed E-state index contributed by atoms with van der Waals surface area (Å²) >= 11 is 0. The van der Waals surface area contributed by atoms with Gasteiger partial charge in [-0.2, -0.15) is 0 Å². The normalized spacial score (nSPS) is 18.1. The molecule has 20 heavy (non-hydrogen) atoms. The molecule has 0 spiro atoms. The molecule has 0 unspecified atom stereocenters. The maximum Gasteiger partial charge on any atom is 0.317 e. The van der Waals surface area contributed by atoms with Gasteiger partial charge in [-0.1, -0.05) is 41.5 Å². The van der Waals surface area contributed by atoms with Gasteiger partial charge in [0.1, 0.15) is 0 Å². The van der Waals surface area contributed by atoms with Crippen LogP contribution in [0.3, 0.4) is 0 Å². The second-order valence-electron chi connectivity index (χ2n) is 5.66. The van der Waals surface area contributed by atoms with E-state index in [1.54, 1.807) is 11.1 Å². The predicted octanol–water partition coefficient (Wildman–Crippen LogP) is 3.12. The van der Waals surface area contributed by atoms with Crippen LogP contribution in [0.5, 0.6) is 0 Å². The Morgan fingerprint density at radius 1 is 1.00 bits per heavy atom. The number of nitrogens with one attached hydrogen (secondary N) is 1. The molecule has 3 nitrogen and oxygen atoms in total. The third kappa shape index (κ3) is 3.41. The summed E-state index contributed by atoms with van der Waals surface area (Å²) in [5.74, 6) is 0. The first-order chi connectivity index (χ1) is 9.83. The van der Waals surface area contributed by atoms with Crippen molar-refractivity contribution in [3.8, 4) is 0 Å². The smallest absolute Gasteiger partial charge is 0.317 e. The number of carbonyl (C=O) groups excluding carboxylic acids is 1. The summed E-state index contributed by atoms with van der Waals surface area (Å²) in [5, 5.41) is 3.03. The lowest BCUT2D eigenvalue weighted by molar-refractivity contribution is 0.194. The van der Waals surface area contributed by atoms with Crippen LogP contribution < -0.4 is 5.32 Å². The first kappa shape index (κ1) is 13.2. The number of carbonyl (C=O) groups is 1. The molecule has 2 amide bonds. The van der Waals surface area contributed by atoms with E-state index in [1.807, 2.05) is 23.1 Å². The Hall–Kier alpha value is -1.77. The Bertz CT molecular complexity index is 491. The molecule has 106 valence electrons. The number of hydrogen-bond donors (Lipinski definition) is 1. The van der Waals surface area contributed by atoms with E-state index in [0.29, 0.717) is 6.54 Å². The molecule has 1 heterocycles. The average Bonchev–Trinajstić information content (AvgIpc) is 3.33. The molecule has 1 aromatic rings. The molecule has 0 atom stereocenters. The fourth-order valence-electron chi connectivity index (χ4n) is 2.82. The van der Waals surface area contributed by atoms with Crippen LogP contribution in [-0.4, -0.2) is 30.6 Å². The summed E-state index contributed by atoms with van der Waals surface area (Å²) in [5.41, 5.74) is 4.56. The van der Waals surface area contributed by atoms with Gasteiger partial charge in [-0.3, -0.25) is 0 Å². The Morgan fingerprint density at radius 2 is 1.65 bits per heavy atom. The first-order valence-electron chi connectivity index (χ1n) is 7.59. The minimum Gasteiger partial charge on any atom is -0.338 e. The van der Waals surface area contributed by atoms with E-state index in [4.69, 9.17) is 0 Å². The van der Waals surface area contributed by atoms with Crippen molar-refractivity contribution in [2.45, 2.75) is 32.1 Å². The van der Waals surface area contributed by atoms with Crippen LogP contribution in [0.2, 0.25) is 0 Å². The van der Waals surface area contributed by atoms with Gasteiger partial charge in [0.15, 0.2) is 0 Å². The fourth-order valence-corrected chi connectivity index (χ4v) is 2.82. The second-order valence-corrected chi connectivity index (χ2v) is 5.66.